The Kier molecular flexibility index (Phi) is 4.87. The highest BCUT2D eigenvalue weighted by molar-refractivity contribution is 5.75. The molecule has 1 aromatic carbocycles. The van der Waals surface area contributed by atoms with Gasteiger partial charge in [0.05, 0.1) is 5.69 Å². The lowest BCUT2D eigenvalue weighted by atomic mass is 10.1. The fourth-order valence-electron chi connectivity index (χ4n) is 1.88. The van der Waals surface area contributed by atoms with Gasteiger partial charge in [-0.2, -0.15) is 5.10 Å². The molecule has 1 N–H and O–H groups in total. The molecule has 0 unspecified atom stereocenters. The molecule has 1 heterocycles. The van der Waals surface area contributed by atoms with Crippen molar-refractivity contribution < 1.29 is 4.79 Å². The van der Waals surface area contributed by atoms with E-state index in [0.29, 0.717) is 5.69 Å². The van der Waals surface area contributed by atoms with Crippen LogP contribution in [0.3, 0.4) is 0 Å². The van der Waals surface area contributed by atoms with Crippen molar-refractivity contribution in [1.82, 2.24) is 15.1 Å². The van der Waals surface area contributed by atoms with E-state index in [-0.39, 0.29) is 24.1 Å². The van der Waals surface area contributed by atoms with Gasteiger partial charge >= 0.3 is 0 Å². The van der Waals surface area contributed by atoms with Gasteiger partial charge in [0, 0.05) is 17.7 Å². The first-order chi connectivity index (χ1) is 10.1. The lowest BCUT2D eigenvalue weighted by Crippen LogP contribution is -2.37. The highest BCUT2D eigenvalue weighted by Gasteiger charge is 2.09. The fourth-order valence-corrected chi connectivity index (χ4v) is 1.88. The molecule has 2 rings (SSSR count). The fraction of sp³-hybridized carbons (Fsp3) is 0.312. The zero-order chi connectivity index (χ0) is 15.2. The second-order valence-electron chi connectivity index (χ2n) is 4.96. The van der Waals surface area contributed by atoms with Gasteiger partial charge in [0.15, 0.2) is 0 Å². The normalized spacial score (nSPS) is 11.9. The largest absolute Gasteiger partial charge is 0.352 e. The number of benzene rings is 1. The molecule has 5 heteroatoms. The summed E-state index contributed by atoms with van der Waals surface area (Å²) in [6.07, 6.45) is 0.845. The van der Waals surface area contributed by atoms with Gasteiger partial charge in [-0.15, -0.1) is 0 Å². The number of hydrogen-bond acceptors (Lipinski definition) is 3. The van der Waals surface area contributed by atoms with E-state index >= 15 is 0 Å². The van der Waals surface area contributed by atoms with Crippen molar-refractivity contribution >= 4 is 5.91 Å². The quantitative estimate of drug-likeness (QED) is 0.911. The summed E-state index contributed by atoms with van der Waals surface area (Å²) >= 11 is 0. The van der Waals surface area contributed by atoms with Crippen molar-refractivity contribution in [3.63, 3.8) is 0 Å². The van der Waals surface area contributed by atoms with Crippen LogP contribution in [0.1, 0.15) is 20.3 Å². The summed E-state index contributed by atoms with van der Waals surface area (Å²) in [7, 11) is 0. The summed E-state index contributed by atoms with van der Waals surface area (Å²) in [5, 5.41) is 7.08. The van der Waals surface area contributed by atoms with Crippen molar-refractivity contribution in [2.45, 2.75) is 32.9 Å². The molecule has 1 atom stereocenters. The maximum Gasteiger partial charge on any atom is 0.267 e. The molecule has 0 fully saturated rings. The van der Waals surface area contributed by atoms with Crippen LogP contribution in [0.4, 0.5) is 0 Å². The van der Waals surface area contributed by atoms with Gasteiger partial charge in [-0.25, -0.2) is 4.68 Å². The van der Waals surface area contributed by atoms with Crippen molar-refractivity contribution in [3.8, 4) is 11.3 Å². The number of aromatic nitrogens is 2. The van der Waals surface area contributed by atoms with Gasteiger partial charge in [-0.1, -0.05) is 37.3 Å². The molecule has 2 aromatic rings. The van der Waals surface area contributed by atoms with E-state index in [2.05, 4.69) is 10.4 Å². The molecule has 110 valence electrons. The Bertz CT molecular complexity index is 665. The lowest BCUT2D eigenvalue weighted by molar-refractivity contribution is -0.122. The Morgan fingerprint density at radius 2 is 1.95 bits per heavy atom. The number of rotatable bonds is 5. The van der Waals surface area contributed by atoms with Crippen LogP contribution >= 0.6 is 0 Å². The van der Waals surface area contributed by atoms with Crippen molar-refractivity contribution in [3.05, 3.63) is 52.8 Å². The van der Waals surface area contributed by atoms with Gasteiger partial charge in [-0.3, -0.25) is 9.59 Å². The third-order valence-corrected chi connectivity index (χ3v) is 3.25. The molecular weight excluding hydrogens is 266 g/mol. The second kappa shape index (κ2) is 6.83. The average Bonchev–Trinajstić information content (AvgIpc) is 2.50. The van der Waals surface area contributed by atoms with E-state index in [1.54, 1.807) is 6.07 Å². The zero-order valence-electron chi connectivity index (χ0n) is 12.2. The minimum Gasteiger partial charge on any atom is -0.352 e. The zero-order valence-corrected chi connectivity index (χ0v) is 12.2. The Labute approximate surface area is 123 Å². The summed E-state index contributed by atoms with van der Waals surface area (Å²) in [4.78, 5) is 23.7. The first-order valence-electron chi connectivity index (χ1n) is 7.03. The minimum atomic E-state index is -0.283. The second-order valence-corrected chi connectivity index (χ2v) is 4.96. The average molecular weight is 285 g/mol. The van der Waals surface area contributed by atoms with Crippen LogP contribution in [0.15, 0.2) is 47.3 Å². The van der Waals surface area contributed by atoms with E-state index < -0.39 is 0 Å². The summed E-state index contributed by atoms with van der Waals surface area (Å²) in [6.45, 7) is 3.85. The van der Waals surface area contributed by atoms with Crippen LogP contribution in [0.25, 0.3) is 11.3 Å². The SMILES string of the molecule is CC[C@H](C)NC(=O)Cn1nc(-c2ccccc2)ccc1=O. The van der Waals surface area contributed by atoms with Gasteiger partial charge < -0.3 is 5.32 Å². The van der Waals surface area contributed by atoms with E-state index in [1.165, 1.54) is 10.7 Å². The van der Waals surface area contributed by atoms with Crippen LogP contribution in [0, 0.1) is 0 Å². The number of nitrogens with one attached hydrogen (secondary N) is 1. The Morgan fingerprint density at radius 1 is 1.24 bits per heavy atom. The van der Waals surface area contributed by atoms with Crippen LogP contribution < -0.4 is 10.9 Å². The molecule has 21 heavy (non-hydrogen) atoms. The third kappa shape index (κ3) is 4.02. The van der Waals surface area contributed by atoms with Crippen molar-refractivity contribution in [1.29, 1.82) is 0 Å². The summed E-state index contributed by atoms with van der Waals surface area (Å²) in [5.41, 5.74) is 1.30. The van der Waals surface area contributed by atoms with Gasteiger partial charge in [0.2, 0.25) is 5.91 Å². The lowest BCUT2D eigenvalue weighted by Gasteiger charge is -2.12. The number of carbonyl (C=O) groups excluding carboxylic acids is 1. The predicted molar refractivity (Wildman–Crippen MR) is 81.8 cm³/mol. The molecule has 0 spiro atoms. The maximum atomic E-state index is 11.9. The first-order valence-corrected chi connectivity index (χ1v) is 7.03. The maximum absolute atomic E-state index is 11.9. The van der Waals surface area contributed by atoms with Crippen molar-refractivity contribution in [2.75, 3.05) is 0 Å². The smallest absolute Gasteiger partial charge is 0.267 e. The van der Waals surface area contributed by atoms with Crippen LogP contribution in [0.5, 0.6) is 0 Å². The molecule has 0 aliphatic carbocycles. The van der Waals surface area contributed by atoms with E-state index in [0.717, 1.165) is 12.0 Å². The van der Waals surface area contributed by atoms with Gasteiger partial charge in [0.1, 0.15) is 6.54 Å². The number of nitrogens with zero attached hydrogens (tertiary/aromatic N) is 2. The number of amides is 1. The summed E-state index contributed by atoms with van der Waals surface area (Å²) < 4.78 is 1.19. The standard InChI is InChI=1S/C16H19N3O2/c1-3-12(2)17-15(20)11-19-16(21)10-9-14(18-19)13-7-5-4-6-8-13/h4-10,12H,3,11H2,1-2H3,(H,17,20)/t12-/m0/s1. The molecule has 0 bridgehead atoms. The Balaban J connectivity index is 2.20. The molecule has 0 aliphatic rings. The van der Waals surface area contributed by atoms with Crippen LogP contribution in [-0.2, 0) is 11.3 Å². The highest BCUT2D eigenvalue weighted by atomic mass is 16.2. The van der Waals surface area contributed by atoms with Crippen molar-refractivity contribution in [2.24, 2.45) is 0 Å². The number of carbonyl (C=O) groups is 1. The molecule has 0 aliphatic heterocycles. The van der Waals surface area contributed by atoms with Gasteiger partial charge in [0.25, 0.3) is 5.56 Å². The molecule has 1 aromatic heterocycles. The molecule has 1 amide bonds. The summed E-state index contributed by atoms with van der Waals surface area (Å²) in [5.74, 6) is -0.204. The highest BCUT2D eigenvalue weighted by Crippen LogP contribution is 2.13. The Morgan fingerprint density at radius 3 is 2.62 bits per heavy atom. The number of hydrogen-bond donors (Lipinski definition) is 1. The monoisotopic (exact) mass is 285 g/mol. The molecule has 0 saturated heterocycles. The third-order valence-electron chi connectivity index (χ3n) is 3.25. The first kappa shape index (κ1) is 15.0. The van der Waals surface area contributed by atoms with E-state index in [9.17, 15) is 9.59 Å². The predicted octanol–water partition coefficient (Wildman–Crippen LogP) is 1.82. The minimum absolute atomic E-state index is 0.0656. The molecular formula is C16H19N3O2. The van der Waals surface area contributed by atoms with E-state index in [1.807, 2.05) is 44.2 Å². The van der Waals surface area contributed by atoms with E-state index in [4.69, 9.17) is 0 Å². The van der Waals surface area contributed by atoms with Crippen LogP contribution in [-0.4, -0.2) is 21.7 Å². The molecule has 5 nitrogen and oxygen atoms in total. The van der Waals surface area contributed by atoms with Gasteiger partial charge in [-0.05, 0) is 19.4 Å². The molecule has 0 radical (unpaired) electrons. The Hall–Kier alpha value is -2.43. The topological polar surface area (TPSA) is 64.0 Å². The molecule has 0 saturated carbocycles. The van der Waals surface area contributed by atoms with Crippen LogP contribution in [0.2, 0.25) is 0 Å². The summed E-state index contributed by atoms with van der Waals surface area (Å²) in [6, 6.07) is 12.7.